The molecule has 0 aliphatic carbocycles. The van der Waals surface area contributed by atoms with Gasteiger partial charge in [0.05, 0.1) is 10.3 Å². The average molecular weight is 333 g/mol. The van der Waals surface area contributed by atoms with Crippen LogP contribution in [0.15, 0.2) is 20.9 Å². The van der Waals surface area contributed by atoms with E-state index in [1.54, 1.807) is 11.3 Å². The van der Waals surface area contributed by atoms with Crippen molar-refractivity contribution in [3.63, 3.8) is 0 Å². The van der Waals surface area contributed by atoms with Crippen LogP contribution in [0.2, 0.25) is 0 Å². The van der Waals surface area contributed by atoms with E-state index in [9.17, 15) is 0 Å². The van der Waals surface area contributed by atoms with Crippen LogP contribution in [0.1, 0.15) is 25.1 Å². The number of rotatable bonds is 4. The molecule has 2 rings (SSSR count). The number of hydrogen-bond donors (Lipinski definition) is 1. The van der Waals surface area contributed by atoms with Gasteiger partial charge < -0.3 is 5.32 Å². The minimum absolute atomic E-state index is 0.605. The molecule has 17 heavy (non-hydrogen) atoms. The first kappa shape index (κ1) is 13.4. The number of aliphatic imine (C=N–C) groups is 1. The van der Waals surface area contributed by atoms with Gasteiger partial charge in [0, 0.05) is 16.7 Å². The summed E-state index contributed by atoms with van der Waals surface area (Å²) in [7, 11) is 0. The monoisotopic (exact) mass is 332 g/mol. The van der Waals surface area contributed by atoms with E-state index < -0.39 is 0 Å². The summed E-state index contributed by atoms with van der Waals surface area (Å²) >= 11 is 7.08. The maximum absolute atomic E-state index is 4.62. The van der Waals surface area contributed by atoms with Crippen LogP contribution in [-0.2, 0) is 6.54 Å². The summed E-state index contributed by atoms with van der Waals surface area (Å²) in [5, 5.41) is 4.62. The summed E-state index contributed by atoms with van der Waals surface area (Å²) in [6.45, 7) is 5.33. The van der Waals surface area contributed by atoms with Gasteiger partial charge in [-0.3, -0.25) is 4.99 Å². The number of nitrogens with one attached hydrogen (secondary N) is 1. The van der Waals surface area contributed by atoms with Crippen molar-refractivity contribution in [1.29, 1.82) is 0 Å². The quantitative estimate of drug-likeness (QED) is 0.896. The van der Waals surface area contributed by atoms with Crippen LogP contribution >= 0.6 is 39.0 Å². The number of halogens is 1. The third-order valence-electron chi connectivity index (χ3n) is 2.51. The zero-order valence-corrected chi connectivity index (χ0v) is 13.3. The molecule has 1 fully saturated rings. The van der Waals surface area contributed by atoms with E-state index in [-0.39, 0.29) is 0 Å². The molecule has 1 atom stereocenters. The number of thioether (sulfide) groups is 1. The summed E-state index contributed by atoms with van der Waals surface area (Å²) in [4.78, 5) is 5.93. The molecule has 2 heterocycles. The van der Waals surface area contributed by atoms with Gasteiger partial charge >= 0.3 is 0 Å². The van der Waals surface area contributed by atoms with Gasteiger partial charge in [0.15, 0.2) is 5.17 Å². The second kappa shape index (κ2) is 6.25. The zero-order chi connectivity index (χ0) is 12.3. The van der Waals surface area contributed by atoms with Crippen LogP contribution in [0.4, 0.5) is 0 Å². The van der Waals surface area contributed by atoms with Crippen LogP contribution in [0.3, 0.4) is 0 Å². The summed E-state index contributed by atoms with van der Waals surface area (Å²) < 4.78 is 1.18. The van der Waals surface area contributed by atoms with Gasteiger partial charge in [-0.2, -0.15) is 0 Å². The van der Waals surface area contributed by atoms with Crippen molar-refractivity contribution in [3.05, 3.63) is 20.8 Å². The summed E-state index contributed by atoms with van der Waals surface area (Å²) in [5.41, 5.74) is 0. The molecule has 0 aromatic carbocycles. The summed E-state index contributed by atoms with van der Waals surface area (Å²) in [5.74, 6) is 1.91. The molecule has 0 spiro atoms. The van der Waals surface area contributed by atoms with Crippen molar-refractivity contribution in [2.45, 2.75) is 32.9 Å². The third-order valence-corrected chi connectivity index (χ3v) is 5.21. The van der Waals surface area contributed by atoms with Gasteiger partial charge in [-0.25, -0.2) is 0 Å². The van der Waals surface area contributed by atoms with E-state index in [0.717, 1.165) is 23.4 Å². The van der Waals surface area contributed by atoms with Gasteiger partial charge in [-0.1, -0.05) is 25.6 Å². The first-order valence-electron chi connectivity index (χ1n) is 5.81. The molecule has 0 saturated carbocycles. The minimum atomic E-state index is 0.605. The third kappa shape index (κ3) is 4.30. The molecule has 0 bridgehead atoms. The van der Waals surface area contributed by atoms with Crippen LogP contribution in [0.25, 0.3) is 0 Å². The molecular weight excluding hydrogens is 316 g/mol. The molecule has 5 heteroatoms. The molecule has 1 aliphatic heterocycles. The zero-order valence-electron chi connectivity index (χ0n) is 10.1. The summed E-state index contributed by atoms with van der Waals surface area (Å²) in [6.07, 6.45) is 1.23. The van der Waals surface area contributed by atoms with Crippen molar-refractivity contribution in [2.75, 3.05) is 5.75 Å². The Kier molecular flexibility index (Phi) is 4.94. The van der Waals surface area contributed by atoms with E-state index in [1.165, 1.54) is 15.1 Å². The second-order valence-corrected chi connectivity index (χ2v) is 8.17. The minimum Gasteiger partial charge on any atom is -0.361 e. The summed E-state index contributed by atoms with van der Waals surface area (Å²) in [6, 6.07) is 4.81. The number of thiophene rings is 1. The highest BCUT2D eigenvalue weighted by atomic mass is 79.9. The van der Waals surface area contributed by atoms with Crippen LogP contribution in [0, 0.1) is 5.92 Å². The first-order chi connectivity index (χ1) is 8.13. The predicted molar refractivity (Wildman–Crippen MR) is 82.0 cm³/mol. The molecule has 1 aromatic heterocycles. The highest BCUT2D eigenvalue weighted by Crippen LogP contribution is 2.24. The molecule has 94 valence electrons. The number of hydrogen-bond acceptors (Lipinski definition) is 3. The molecule has 0 amide bonds. The lowest BCUT2D eigenvalue weighted by atomic mass is 10.1. The van der Waals surface area contributed by atoms with E-state index in [1.807, 2.05) is 11.8 Å². The van der Waals surface area contributed by atoms with Gasteiger partial charge in [0.2, 0.25) is 0 Å². The maximum Gasteiger partial charge on any atom is 0.157 e. The van der Waals surface area contributed by atoms with Gasteiger partial charge in [-0.15, -0.1) is 11.3 Å². The molecule has 2 nitrogen and oxygen atoms in total. The SMILES string of the molecule is CC(C)CC1CSC(=NCc2ccc(Br)s2)N1. The Morgan fingerprint density at radius 1 is 1.53 bits per heavy atom. The Morgan fingerprint density at radius 2 is 2.35 bits per heavy atom. The Balaban J connectivity index is 1.83. The van der Waals surface area contributed by atoms with Crippen LogP contribution < -0.4 is 5.32 Å². The lowest BCUT2D eigenvalue weighted by Gasteiger charge is -2.11. The van der Waals surface area contributed by atoms with E-state index in [2.05, 4.69) is 52.2 Å². The number of amidine groups is 1. The fourth-order valence-corrected chi connectivity index (χ4v) is 4.20. The molecule has 1 N–H and O–H groups in total. The molecule has 0 radical (unpaired) electrons. The van der Waals surface area contributed by atoms with Crippen LogP contribution in [0.5, 0.6) is 0 Å². The molecule has 1 unspecified atom stereocenters. The van der Waals surface area contributed by atoms with Crippen molar-refractivity contribution in [2.24, 2.45) is 10.9 Å². The fraction of sp³-hybridized carbons (Fsp3) is 0.583. The Labute approximate surface area is 119 Å². The lowest BCUT2D eigenvalue weighted by Crippen LogP contribution is -2.28. The highest BCUT2D eigenvalue weighted by molar-refractivity contribution is 9.11. The van der Waals surface area contributed by atoms with Gasteiger partial charge in [-0.05, 0) is 40.4 Å². The van der Waals surface area contributed by atoms with Crippen molar-refractivity contribution in [3.8, 4) is 0 Å². The maximum atomic E-state index is 4.62. The smallest absolute Gasteiger partial charge is 0.157 e. The first-order valence-corrected chi connectivity index (χ1v) is 8.41. The number of nitrogens with zero attached hydrogens (tertiary/aromatic N) is 1. The lowest BCUT2D eigenvalue weighted by molar-refractivity contribution is 0.502. The Bertz CT molecular complexity index is 401. The Hall–Kier alpha value is -0.0000000000000000278. The topological polar surface area (TPSA) is 24.4 Å². The van der Waals surface area contributed by atoms with Crippen molar-refractivity contribution >= 4 is 44.2 Å². The fourth-order valence-electron chi connectivity index (χ4n) is 1.81. The molecule has 1 aromatic rings. The van der Waals surface area contributed by atoms with E-state index in [4.69, 9.17) is 0 Å². The van der Waals surface area contributed by atoms with Crippen molar-refractivity contribution in [1.82, 2.24) is 5.32 Å². The highest BCUT2D eigenvalue weighted by Gasteiger charge is 2.20. The standard InChI is InChI=1S/C12H17BrN2S2/c1-8(2)5-9-7-16-12(15-9)14-6-10-3-4-11(13)17-10/h3-4,8-9H,5-7H2,1-2H3,(H,14,15). The largest absolute Gasteiger partial charge is 0.361 e. The Morgan fingerprint density at radius 3 is 3.00 bits per heavy atom. The van der Waals surface area contributed by atoms with E-state index >= 15 is 0 Å². The molecular formula is C12H17BrN2S2. The normalized spacial score (nSPS) is 22.4. The van der Waals surface area contributed by atoms with Gasteiger partial charge in [0.1, 0.15) is 0 Å². The predicted octanol–water partition coefficient (Wildman–Crippen LogP) is 4.12. The molecule has 1 saturated heterocycles. The van der Waals surface area contributed by atoms with Crippen LogP contribution in [-0.4, -0.2) is 17.0 Å². The average Bonchev–Trinajstić information content (AvgIpc) is 2.84. The second-order valence-electron chi connectivity index (χ2n) is 4.61. The molecule has 1 aliphatic rings. The van der Waals surface area contributed by atoms with Gasteiger partial charge in [0.25, 0.3) is 0 Å². The van der Waals surface area contributed by atoms with E-state index in [0.29, 0.717) is 6.04 Å². The van der Waals surface area contributed by atoms with Crippen molar-refractivity contribution < 1.29 is 0 Å².